The average molecular weight is 388 g/mol. The molecule has 0 aliphatic carbocycles. The lowest BCUT2D eigenvalue weighted by atomic mass is 9.94. The van der Waals surface area contributed by atoms with E-state index in [9.17, 15) is 0 Å². The van der Waals surface area contributed by atoms with Gasteiger partial charge in [-0.05, 0) is 88.5 Å². The quantitative estimate of drug-likeness (QED) is 0.411. The van der Waals surface area contributed by atoms with Gasteiger partial charge in [-0.1, -0.05) is 0 Å². The summed E-state index contributed by atoms with van der Waals surface area (Å²) < 4.78 is 2.43. The van der Waals surface area contributed by atoms with Gasteiger partial charge in [-0.2, -0.15) is 0 Å². The summed E-state index contributed by atoms with van der Waals surface area (Å²) in [6, 6.07) is 0. The maximum absolute atomic E-state index is 2.43. The number of nitrogens with zero attached hydrogens (tertiary/aromatic N) is 2. The minimum Gasteiger partial charge on any atom is -0.378 e. The lowest BCUT2D eigenvalue weighted by Crippen LogP contribution is -2.13. The van der Waals surface area contributed by atoms with E-state index in [1.807, 2.05) is 11.8 Å². The summed E-state index contributed by atoms with van der Waals surface area (Å²) in [5, 5.41) is 0. The second-order valence-corrected chi connectivity index (χ2v) is 9.04. The van der Waals surface area contributed by atoms with E-state index in [1.54, 1.807) is 0 Å². The summed E-state index contributed by atoms with van der Waals surface area (Å²) >= 11 is 1.89. The minimum atomic E-state index is 1.19. The van der Waals surface area contributed by atoms with Gasteiger partial charge in [0.1, 0.15) is 13.6 Å². The van der Waals surface area contributed by atoms with E-state index >= 15 is 0 Å². The van der Waals surface area contributed by atoms with E-state index in [4.69, 9.17) is 0 Å². The van der Waals surface area contributed by atoms with Crippen LogP contribution in [0.15, 0.2) is 44.0 Å². The second kappa shape index (κ2) is 9.32. The zero-order chi connectivity index (χ0) is 20.3. The highest BCUT2D eigenvalue weighted by molar-refractivity contribution is 8.02. The molecule has 2 aliphatic rings. The van der Waals surface area contributed by atoms with Crippen LogP contribution in [0.25, 0.3) is 0 Å². The Hall–Kier alpha value is -1.22. The molecule has 0 aromatic heterocycles. The summed E-state index contributed by atoms with van der Waals surface area (Å²) in [7, 11) is 4.47. The van der Waals surface area contributed by atoms with Crippen molar-refractivity contribution in [3.05, 3.63) is 44.0 Å². The van der Waals surface area contributed by atoms with Gasteiger partial charge in [-0.25, -0.2) is 4.58 Å². The number of hydrogen-bond donors (Lipinski definition) is 0. The summed E-state index contributed by atoms with van der Waals surface area (Å²) in [6.07, 6.45) is 7.22. The third kappa shape index (κ3) is 4.62. The van der Waals surface area contributed by atoms with Crippen molar-refractivity contribution >= 4 is 17.5 Å². The molecule has 0 aromatic rings. The monoisotopic (exact) mass is 387 g/mol. The third-order valence-corrected chi connectivity index (χ3v) is 7.76. The third-order valence-electron chi connectivity index (χ3n) is 6.74. The molecule has 0 N–H and O–H groups in total. The Morgan fingerprint density at radius 3 is 2.04 bits per heavy atom. The molecular weight excluding hydrogens is 348 g/mol. The van der Waals surface area contributed by atoms with Crippen LogP contribution in [0.3, 0.4) is 0 Å². The highest BCUT2D eigenvalue weighted by Crippen LogP contribution is 2.35. The molecule has 1 saturated heterocycles. The molecule has 150 valence electrons. The van der Waals surface area contributed by atoms with E-state index < -0.39 is 0 Å². The van der Waals surface area contributed by atoms with Crippen LogP contribution in [-0.4, -0.2) is 48.6 Å². The van der Waals surface area contributed by atoms with Gasteiger partial charge in [-0.3, -0.25) is 0 Å². The van der Waals surface area contributed by atoms with Crippen molar-refractivity contribution in [1.29, 1.82) is 0 Å². The molecule has 0 unspecified atom stereocenters. The summed E-state index contributed by atoms with van der Waals surface area (Å²) in [4.78, 5) is 3.87. The van der Waals surface area contributed by atoms with Crippen LogP contribution in [0.5, 0.6) is 0 Å². The minimum absolute atomic E-state index is 1.19. The second-order valence-electron chi connectivity index (χ2n) is 8.23. The first-order valence-corrected chi connectivity index (χ1v) is 11.5. The largest absolute Gasteiger partial charge is 0.378 e. The van der Waals surface area contributed by atoms with E-state index in [2.05, 4.69) is 71.4 Å². The Morgan fingerprint density at radius 2 is 1.56 bits per heavy atom. The van der Waals surface area contributed by atoms with Crippen molar-refractivity contribution in [2.75, 3.05) is 33.4 Å². The lowest BCUT2D eigenvalue weighted by Gasteiger charge is -2.20. The van der Waals surface area contributed by atoms with Crippen molar-refractivity contribution in [2.24, 2.45) is 0 Å². The van der Waals surface area contributed by atoms with Crippen molar-refractivity contribution in [3.8, 4) is 0 Å². The van der Waals surface area contributed by atoms with Crippen LogP contribution in [0, 0.1) is 0 Å². The number of thioether (sulfide) groups is 1. The van der Waals surface area contributed by atoms with Gasteiger partial charge >= 0.3 is 0 Å². The maximum atomic E-state index is 2.43. The van der Waals surface area contributed by atoms with Crippen LogP contribution in [0.2, 0.25) is 0 Å². The fourth-order valence-corrected chi connectivity index (χ4v) is 5.41. The summed E-state index contributed by atoms with van der Waals surface area (Å²) in [5.41, 5.74) is 11.7. The molecule has 2 heterocycles. The molecular formula is C24H39N2S+. The Kier molecular flexibility index (Phi) is 7.62. The van der Waals surface area contributed by atoms with Crippen LogP contribution >= 0.6 is 11.8 Å². The fraction of sp³-hybridized carbons (Fsp3) is 0.625. The standard InChI is InChI=1S/C24H39N2S/c1-16(18(3)22-12-10-14-25(22)7)20(5)24(27-9)21(6)17(2)19(4)23-13-11-15-26(23)8/h10-15H2,1-9H3/q+1. The molecule has 2 aliphatic heterocycles. The highest BCUT2D eigenvalue weighted by Gasteiger charge is 2.23. The molecule has 27 heavy (non-hydrogen) atoms. The molecule has 0 bridgehead atoms. The van der Waals surface area contributed by atoms with E-state index in [0.29, 0.717) is 0 Å². The first kappa shape index (κ1) is 22.1. The smallest absolute Gasteiger partial charge is 0.179 e. The molecule has 2 nitrogen and oxygen atoms in total. The zero-order valence-corrected chi connectivity index (χ0v) is 19.9. The van der Waals surface area contributed by atoms with Gasteiger partial charge in [0.25, 0.3) is 0 Å². The molecule has 3 heteroatoms. The Labute approximate surface area is 171 Å². The van der Waals surface area contributed by atoms with Crippen molar-refractivity contribution in [1.82, 2.24) is 4.90 Å². The van der Waals surface area contributed by atoms with Crippen molar-refractivity contribution < 1.29 is 4.58 Å². The molecule has 0 aromatic carbocycles. The van der Waals surface area contributed by atoms with Gasteiger partial charge in [0, 0.05) is 42.6 Å². The molecule has 0 radical (unpaired) electrons. The maximum Gasteiger partial charge on any atom is 0.179 e. The van der Waals surface area contributed by atoms with Crippen molar-refractivity contribution in [2.45, 2.75) is 67.2 Å². The van der Waals surface area contributed by atoms with Gasteiger partial charge < -0.3 is 4.90 Å². The number of likely N-dealkylation sites (tertiary alicyclic amines) is 1. The predicted molar refractivity (Wildman–Crippen MR) is 123 cm³/mol. The van der Waals surface area contributed by atoms with Crippen LogP contribution in [0.4, 0.5) is 0 Å². The molecule has 0 amide bonds. The zero-order valence-electron chi connectivity index (χ0n) is 19.0. The first-order valence-electron chi connectivity index (χ1n) is 10.3. The number of rotatable bonds is 5. The Bertz CT molecular complexity index is 759. The Morgan fingerprint density at radius 1 is 0.889 bits per heavy atom. The van der Waals surface area contributed by atoms with E-state index in [0.717, 1.165) is 0 Å². The number of allylic oxidation sites excluding steroid dienone is 7. The Balaban J connectivity index is 2.51. The lowest BCUT2D eigenvalue weighted by molar-refractivity contribution is -0.488. The molecule has 1 fully saturated rings. The first-order chi connectivity index (χ1) is 12.7. The normalized spacial score (nSPS) is 22.8. The van der Waals surface area contributed by atoms with Crippen LogP contribution in [-0.2, 0) is 0 Å². The van der Waals surface area contributed by atoms with E-state index in [1.165, 1.54) is 88.5 Å². The summed E-state index contributed by atoms with van der Waals surface area (Å²) in [5.74, 6) is 0. The van der Waals surface area contributed by atoms with E-state index in [-0.39, 0.29) is 0 Å². The van der Waals surface area contributed by atoms with Gasteiger partial charge in [-0.15, -0.1) is 11.8 Å². The molecule has 0 saturated carbocycles. The van der Waals surface area contributed by atoms with Gasteiger partial charge in [0.15, 0.2) is 5.71 Å². The SMILES string of the molecule is CSC(C(C)=C(C)C(C)=C1CCCN1C)=C(C)C(C)=C(C)C1=[N+](C)CCC1. The van der Waals surface area contributed by atoms with Gasteiger partial charge in [0.2, 0.25) is 0 Å². The summed E-state index contributed by atoms with van der Waals surface area (Å²) in [6.45, 7) is 16.2. The predicted octanol–water partition coefficient (Wildman–Crippen LogP) is 6.17. The fourth-order valence-electron chi connectivity index (χ4n) is 4.49. The molecule has 0 spiro atoms. The molecule has 2 rings (SSSR count). The number of hydrogen-bond acceptors (Lipinski definition) is 2. The van der Waals surface area contributed by atoms with Crippen LogP contribution in [0.1, 0.15) is 67.2 Å². The highest BCUT2D eigenvalue weighted by atomic mass is 32.2. The van der Waals surface area contributed by atoms with Crippen LogP contribution < -0.4 is 0 Å². The van der Waals surface area contributed by atoms with Gasteiger partial charge in [0.05, 0.1) is 0 Å². The average Bonchev–Trinajstić information content (AvgIpc) is 3.27. The van der Waals surface area contributed by atoms with Crippen molar-refractivity contribution in [3.63, 3.8) is 0 Å². The molecule has 0 atom stereocenters. The topological polar surface area (TPSA) is 6.25 Å².